The van der Waals surface area contributed by atoms with E-state index in [1.165, 1.54) is 0 Å². The van der Waals surface area contributed by atoms with Crippen LogP contribution in [0.5, 0.6) is 23.0 Å². The summed E-state index contributed by atoms with van der Waals surface area (Å²) >= 11 is 0. The third-order valence-electron chi connectivity index (χ3n) is 6.72. The average Bonchev–Trinajstić information content (AvgIpc) is 3.29. The van der Waals surface area contributed by atoms with Gasteiger partial charge in [0, 0.05) is 56.9 Å². The van der Waals surface area contributed by atoms with E-state index in [2.05, 4.69) is 4.90 Å². The number of anilines is 1. The van der Waals surface area contributed by atoms with Gasteiger partial charge < -0.3 is 28.7 Å². The lowest BCUT2D eigenvalue weighted by Crippen LogP contribution is -2.50. The summed E-state index contributed by atoms with van der Waals surface area (Å²) in [6, 6.07) is 11.2. The van der Waals surface area contributed by atoms with Crippen LogP contribution in [0.2, 0.25) is 0 Å². The molecular formula is C26H33N3O6. The molecule has 188 valence electrons. The molecule has 0 spiro atoms. The van der Waals surface area contributed by atoms with Crippen molar-refractivity contribution < 1.29 is 28.5 Å². The number of amides is 2. The minimum Gasteiger partial charge on any atom is -0.497 e. The molecule has 4 rings (SSSR count). The molecule has 2 aliphatic heterocycles. The third kappa shape index (κ3) is 5.14. The highest BCUT2D eigenvalue weighted by Gasteiger charge is 2.38. The van der Waals surface area contributed by atoms with Gasteiger partial charge in [0.25, 0.3) is 0 Å². The van der Waals surface area contributed by atoms with Crippen molar-refractivity contribution >= 4 is 17.5 Å². The molecule has 2 heterocycles. The number of carbonyl (C=O) groups is 2. The summed E-state index contributed by atoms with van der Waals surface area (Å²) < 4.78 is 21.7. The van der Waals surface area contributed by atoms with E-state index in [1.54, 1.807) is 33.3 Å². The van der Waals surface area contributed by atoms with Crippen LogP contribution in [0.15, 0.2) is 36.4 Å². The quantitative estimate of drug-likeness (QED) is 0.571. The molecule has 9 nitrogen and oxygen atoms in total. The van der Waals surface area contributed by atoms with Crippen LogP contribution >= 0.6 is 0 Å². The van der Waals surface area contributed by atoms with E-state index >= 15 is 0 Å². The molecule has 9 heteroatoms. The van der Waals surface area contributed by atoms with E-state index in [0.717, 1.165) is 30.1 Å². The van der Waals surface area contributed by atoms with Gasteiger partial charge in [-0.3, -0.25) is 14.5 Å². The summed E-state index contributed by atoms with van der Waals surface area (Å²) in [4.78, 5) is 31.7. The van der Waals surface area contributed by atoms with Gasteiger partial charge in [0.15, 0.2) is 11.5 Å². The maximum absolute atomic E-state index is 13.2. The van der Waals surface area contributed by atoms with E-state index in [0.29, 0.717) is 43.4 Å². The molecule has 0 aliphatic carbocycles. The predicted molar refractivity (Wildman–Crippen MR) is 131 cm³/mol. The van der Waals surface area contributed by atoms with E-state index in [4.69, 9.17) is 18.9 Å². The number of ether oxygens (including phenoxy) is 4. The zero-order chi connectivity index (χ0) is 24.9. The largest absolute Gasteiger partial charge is 0.497 e. The Labute approximate surface area is 206 Å². The molecule has 0 bridgehead atoms. The minimum absolute atomic E-state index is 0.0206. The number of benzene rings is 2. The predicted octanol–water partition coefficient (Wildman–Crippen LogP) is 2.42. The van der Waals surface area contributed by atoms with Crippen molar-refractivity contribution in [3.8, 4) is 23.0 Å². The molecule has 0 aromatic heterocycles. The minimum atomic E-state index is -0.318. The number of rotatable bonds is 8. The molecule has 2 aromatic rings. The van der Waals surface area contributed by atoms with Crippen molar-refractivity contribution in [3.05, 3.63) is 42.0 Å². The lowest BCUT2D eigenvalue weighted by Gasteiger charge is -2.36. The molecule has 0 N–H and O–H groups in total. The van der Waals surface area contributed by atoms with Gasteiger partial charge in [-0.25, -0.2) is 0 Å². The van der Waals surface area contributed by atoms with Gasteiger partial charge in [0.05, 0.1) is 34.4 Å². The standard InChI is InChI=1S/C26H33N3O6/c1-32-21-8-6-20(7-9-21)29-17-19(15-23(29)30)26(31)28-13-11-27(12-14-28)16-18-5-10-22(33-2)25(35-4)24(18)34-3/h5-10,19H,11-17H2,1-4H3. The van der Waals surface area contributed by atoms with Crippen molar-refractivity contribution in [2.45, 2.75) is 13.0 Å². The van der Waals surface area contributed by atoms with Gasteiger partial charge in [-0.2, -0.15) is 0 Å². The number of piperazine rings is 1. The second-order valence-corrected chi connectivity index (χ2v) is 8.70. The Balaban J connectivity index is 1.34. The number of nitrogens with zero attached hydrogens (tertiary/aromatic N) is 3. The van der Waals surface area contributed by atoms with Gasteiger partial charge in [-0.05, 0) is 30.3 Å². The first-order valence-electron chi connectivity index (χ1n) is 11.7. The number of carbonyl (C=O) groups excluding carboxylic acids is 2. The Morgan fingerprint density at radius 2 is 1.54 bits per heavy atom. The van der Waals surface area contributed by atoms with Gasteiger partial charge in [0.2, 0.25) is 17.6 Å². The van der Waals surface area contributed by atoms with Crippen molar-refractivity contribution in [1.29, 1.82) is 0 Å². The van der Waals surface area contributed by atoms with E-state index in [9.17, 15) is 9.59 Å². The average molecular weight is 484 g/mol. The molecular weight excluding hydrogens is 450 g/mol. The van der Waals surface area contributed by atoms with Crippen molar-refractivity contribution in [2.75, 3.05) is 66.1 Å². The molecule has 0 saturated carbocycles. The summed E-state index contributed by atoms with van der Waals surface area (Å²) in [6.07, 6.45) is 0.244. The SMILES string of the molecule is COc1ccc(N2CC(C(=O)N3CCN(Cc4ccc(OC)c(OC)c4OC)CC3)CC2=O)cc1. The molecule has 0 radical (unpaired) electrons. The molecule has 1 atom stereocenters. The fraction of sp³-hybridized carbons (Fsp3) is 0.462. The number of hydrogen-bond acceptors (Lipinski definition) is 7. The Kier molecular flexibility index (Phi) is 7.65. The molecule has 2 saturated heterocycles. The van der Waals surface area contributed by atoms with Crippen LogP contribution in [0.4, 0.5) is 5.69 Å². The van der Waals surface area contributed by atoms with Gasteiger partial charge >= 0.3 is 0 Å². The zero-order valence-corrected chi connectivity index (χ0v) is 20.8. The molecule has 2 fully saturated rings. The van der Waals surface area contributed by atoms with Crippen LogP contribution in [0.3, 0.4) is 0 Å². The van der Waals surface area contributed by atoms with Crippen LogP contribution in [0.25, 0.3) is 0 Å². The monoisotopic (exact) mass is 483 g/mol. The molecule has 2 aromatic carbocycles. The first-order valence-corrected chi connectivity index (χ1v) is 11.7. The summed E-state index contributed by atoms with van der Waals surface area (Å²) in [5.41, 5.74) is 1.79. The van der Waals surface area contributed by atoms with E-state index < -0.39 is 0 Å². The van der Waals surface area contributed by atoms with Crippen LogP contribution < -0.4 is 23.8 Å². The smallest absolute Gasteiger partial charge is 0.228 e. The fourth-order valence-electron chi connectivity index (χ4n) is 4.80. The fourth-order valence-corrected chi connectivity index (χ4v) is 4.80. The van der Waals surface area contributed by atoms with Crippen molar-refractivity contribution in [1.82, 2.24) is 9.80 Å². The number of methoxy groups -OCH3 is 4. The summed E-state index contributed by atoms with van der Waals surface area (Å²) in [5, 5.41) is 0. The van der Waals surface area contributed by atoms with Crippen LogP contribution in [-0.4, -0.2) is 82.8 Å². The molecule has 2 aliphatic rings. The normalized spacial score (nSPS) is 18.5. The summed E-state index contributed by atoms with van der Waals surface area (Å²) in [6.45, 7) is 3.83. The van der Waals surface area contributed by atoms with Crippen LogP contribution in [0.1, 0.15) is 12.0 Å². The van der Waals surface area contributed by atoms with Gasteiger partial charge in [-0.15, -0.1) is 0 Å². The van der Waals surface area contributed by atoms with Gasteiger partial charge in [0.1, 0.15) is 5.75 Å². The van der Waals surface area contributed by atoms with Crippen LogP contribution in [0, 0.1) is 5.92 Å². The van der Waals surface area contributed by atoms with Crippen molar-refractivity contribution in [2.24, 2.45) is 5.92 Å². The Bertz CT molecular complexity index is 1050. The van der Waals surface area contributed by atoms with E-state index in [-0.39, 0.29) is 24.2 Å². The lowest BCUT2D eigenvalue weighted by molar-refractivity contribution is -0.137. The Morgan fingerprint density at radius 3 is 2.14 bits per heavy atom. The maximum Gasteiger partial charge on any atom is 0.228 e. The summed E-state index contributed by atoms with van der Waals surface area (Å²) in [7, 11) is 6.42. The zero-order valence-electron chi connectivity index (χ0n) is 20.8. The second kappa shape index (κ2) is 10.9. The third-order valence-corrected chi connectivity index (χ3v) is 6.72. The first kappa shape index (κ1) is 24.7. The maximum atomic E-state index is 13.2. The van der Waals surface area contributed by atoms with Gasteiger partial charge in [-0.1, -0.05) is 6.07 Å². The molecule has 2 amide bonds. The highest BCUT2D eigenvalue weighted by Crippen LogP contribution is 2.40. The lowest BCUT2D eigenvalue weighted by atomic mass is 10.1. The Morgan fingerprint density at radius 1 is 0.857 bits per heavy atom. The Hall–Kier alpha value is -3.46. The highest BCUT2D eigenvalue weighted by atomic mass is 16.5. The van der Waals surface area contributed by atoms with E-state index in [1.807, 2.05) is 41.3 Å². The topological polar surface area (TPSA) is 80.8 Å². The second-order valence-electron chi connectivity index (χ2n) is 8.70. The van der Waals surface area contributed by atoms with Crippen molar-refractivity contribution in [3.63, 3.8) is 0 Å². The first-order chi connectivity index (χ1) is 17.0. The summed E-state index contributed by atoms with van der Waals surface area (Å²) in [5.74, 6) is 2.31. The number of hydrogen-bond donors (Lipinski definition) is 0. The molecule has 35 heavy (non-hydrogen) atoms. The van der Waals surface area contributed by atoms with Crippen LogP contribution in [-0.2, 0) is 16.1 Å². The highest BCUT2D eigenvalue weighted by molar-refractivity contribution is 6.00. The molecule has 1 unspecified atom stereocenters.